The first-order valence-electron chi connectivity index (χ1n) is 22.7. The number of carboxylic acids is 1. The highest BCUT2D eigenvalue weighted by molar-refractivity contribution is 5.86. The van der Waals surface area contributed by atoms with Crippen molar-refractivity contribution in [2.75, 3.05) is 32.9 Å². The van der Waals surface area contributed by atoms with E-state index in [0.29, 0.717) is 38.8 Å². The fraction of sp³-hybridized carbons (Fsp3) is 0.766. The topological polar surface area (TPSA) is 315 Å². The number of nitriles is 2. The number of rotatable bonds is 13. The minimum Gasteiger partial charge on any atom is -0.478 e. The molecule has 3 aliphatic carbocycles. The lowest BCUT2D eigenvalue weighted by Gasteiger charge is -2.45. The molecule has 3 saturated carbocycles. The molecule has 6 aliphatic rings. The zero-order valence-corrected chi connectivity index (χ0v) is 40.8. The van der Waals surface area contributed by atoms with Crippen molar-refractivity contribution in [3.8, 4) is 12.5 Å². The molecular formula is C47H66N5O17+. The van der Waals surface area contributed by atoms with Gasteiger partial charge in [-0.15, -0.1) is 0 Å². The highest BCUT2D eigenvalue weighted by Gasteiger charge is 2.47. The molecule has 3 aliphatic heterocycles. The highest BCUT2D eigenvalue weighted by atomic mass is 16.8. The summed E-state index contributed by atoms with van der Waals surface area (Å²) in [6.45, 7) is 21.7. The fourth-order valence-corrected chi connectivity index (χ4v) is 11.1. The third-order valence-corrected chi connectivity index (χ3v) is 12.7. The number of isocyanates is 2. The maximum atomic E-state index is 12.1. The second-order valence-electron chi connectivity index (χ2n) is 21.8. The van der Waals surface area contributed by atoms with E-state index in [9.17, 15) is 38.4 Å². The average Bonchev–Trinajstić information content (AvgIpc) is 3.98. The number of amides is 1. The van der Waals surface area contributed by atoms with Crippen molar-refractivity contribution in [3.63, 3.8) is 0 Å². The van der Waals surface area contributed by atoms with Crippen LogP contribution in [0.3, 0.4) is 0 Å². The Bertz CT molecular complexity index is 2050. The lowest BCUT2D eigenvalue weighted by atomic mass is 9.61. The number of carbonyl (C=O) groups excluding carboxylic acids is 7. The standard InChI is InChI=1S/C16H23NO5.C15H20N2O5.C12H18N2O2.C4H4O5/c1-15(2)6-11(21-10-17)7-16(3,9-15)5-4-12(18)13-8-20-14(19)22-13;1-14(2)4-10(5-15(3,7-14)8-16-9-18)17-12(19)11-6-21-13(20)22-11;1-11(2)4-10(16-8-13)5-12(3,6-11)7-14-9-15;5-3(6)2-1-8-4(7)9-2/h11,13H,4-9H2,1-3H3;10-11H,1,4-8H2,2-3H3;10H,4-7H2,1-3H3;2H,1H2,(H,5,6)/p+1. The SMILES string of the molecule is CC1(C)CC(OC#N)CC(C)(CCC(=O)C2COC(=O)O2)C1.CC1(C)CC(OC#N)CC(C)(CN=C=O)C1.O=C1OCC(C(=O)O)O1.[CH2+]C1(C)CC(NC(=O)C2COC(=O)O2)CC(C)(CN=C=O)C1. The number of ether oxygens (including phenoxy) is 8. The van der Waals surface area contributed by atoms with E-state index in [1.54, 1.807) is 24.7 Å². The summed E-state index contributed by atoms with van der Waals surface area (Å²) in [5, 5.41) is 28.4. The Morgan fingerprint density at radius 1 is 0.667 bits per heavy atom. The van der Waals surface area contributed by atoms with Crippen LogP contribution >= 0.6 is 0 Å². The number of aliphatic carboxylic acids is 1. The van der Waals surface area contributed by atoms with Crippen molar-refractivity contribution in [2.45, 2.75) is 163 Å². The van der Waals surface area contributed by atoms with Crippen molar-refractivity contribution in [3.05, 3.63) is 6.92 Å². The van der Waals surface area contributed by atoms with Crippen LogP contribution in [0.15, 0.2) is 9.98 Å². The van der Waals surface area contributed by atoms with Crippen molar-refractivity contribution in [1.29, 1.82) is 10.5 Å². The number of cyclic esters (lactones) is 6. The van der Waals surface area contributed by atoms with E-state index in [4.69, 9.17) is 34.6 Å². The Hall–Kier alpha value is -6.37. The minimum absolute atomic E-state index is 0.0139. The molecule has 0 aromatic carbocycles. The summed E-state index contributed by atoms with van der Waals surface area (Å²) in [5.74, 6) is -1.65. The molecule has 1 amide bonds. The van der Waals surface area contributed by atoms with Gasteiger partial charge in [-0.05, 0) is 85.4 Å². The van der Waals surface area contributed by atoms with E-state index in [0.717, 1.165) is 44.9 Å². The highest BCUT2D eigenvalue weighted by Crippen LogP contribution is 2.50. The third kappa shape index (κ3) is 19.3. The average molecular weight is 973 g/mol. The van der Waals surface area contributed by atoms with E-state index in [1.807, 2.05) is 13.8 Å². The molecule has 0 aromatic rings. The van der Waals surface area contributed by atoms with Gasteiger partial charge in [0, 0.05) is 25.3 Å². The molecule has 22 heteroatoms. The molecule has 0 bridgehead atoms. The van der Waals surface area contributed by atoms with Crippen molar-refractivity contribution in [2.24, 2.45) is 42.5 Å². The molecule has 3 heterocycles. The van der Waals surface area contributed by atoms with Gasteiger partial charge >= 0.3 is 24.4 Å². The Balaban J connectivity index is 0.000000254. The molecule has 0 spiro atoms. The molecule has 6 fully saturated rings. The molecule has 22 nitrogen and oxygen atoms in total. The first-order chi connectivity index (χ1) is 32.1. The summed E-state index contributed by atoms with van der Waals surface area (Å²) in [6.07, 6.45) is 9.69. The molecular weight excluding hydrogens is 907 g/mol. The molecule has 10 unspecified atom stereocenters. The van der Waals surface area contributed by atoms with Gasteiger partial charge in [-0.1, -0.05) is 48.5 Å². The van der Waals surface area contributed by atoms with Gasteiger partial charge < -0.3 is 48.3 Å². The smallest absolute Gasteiger partial charge is 0.478 e. The van der Waals surface area contributed by atoms with Gasteiger partial charge in [0.2, 0.25) is 24.4 Å². The zero-order valence-electron chi connectivity index (χ0n) is 40.8. The van der Waals surface area contributed by atoms with Gasteiger partial charge in [0.05, 0.1) is 20.0 Å². The normalized spacial score (nSPS) is 33.4. The largest absolute Gasteiger partial charge is 0.509 e. The monoisotopic (exact) mass is 972 g/mol. The number of hydrogen-bond donors (Lipinski definition) is 2. The van der Waals surface area contributed by atoms with Gasteiger partial charge in [-0.25, -0.2) is 38.8 Å². The van der Waals surface area contributed by atoms with E-state index >= 15 is 0 Å². The Labute approximate surface area is 402 Å². The molecule has 0 aromatic heterocycles. The molecule has 6 rings (SSSR count). The van der Waals surface area contributed by atoms with E-state index in [-0.39, 0.29) is 82.3 Å². The van der Waals surface area contributed by atoms with Crippen LogP contribution in [0.5, 0.6) is 0 Å². The van der Waals surface area contributed by atoms with Crippen LogP contribution in [0.2, 0.25) is 0 Å². The number of carboxylic acid groups (broad SMARTS) is 1. The van der Waals surface area contributed by atoms with Crippen LogP contribution in [0.25, 0.3) is 0 Å². The second kappa shape index (κ2) is 24.3. The van der Waals surface area contributed by atoms with Crippen molar-refractivity contribution >= 4 is 48.3 Å². The minimum atomic E-state index is -1.18. The maximum Gasteiger partial charge on any atom is 0.509 e. The van der Waals surface area contributed by atoms with E-state index < -0.39 is 42.7 Å². The molecule has 0 radical (unpaired) electrons. The van der Waals surface area contributed by atoms with Crippen LogP contribution in [-0.4, -0.2) is 123 Å². The summed E-state index contributed by atoms with van der Waals surface area (Å²) < 4.78 is 37.4. The Kier molecular flexibility index (Phi) is 20.0. The zero-order chi connectivity index (χ0) is 51.8. The molecule has 69 heavy (non-hydrogen) atoms. The number of Topliss-reactive ketones (excluding diaryl/α,β-unsaturated/α-hetero) is 1. The maximum absolute atomic E-state index is 12.1. The summed E-state index contributed by atoms with van der Waals surface area (Å²) in [6, 6.07) is -0.116. The number of carbonyl (C=O) groups is 6. The van der Waals surface area contributed by atoms with Gasteiger partial charge in [-0.3, -0.25) is 9.59 Å². The quantitative estimate of drug-likeness (QED) is 0.0508. The fourth-order valence-electron chi connectivity index (χ4n) is 11.1. The van der Waals surface area contributed by atoms with E-state index in [2.05, 4.69) is 82.7 Å². The summed E-state index contributed by atoms with van der Waals surface area (Å²) in [7, 11) is 0. The number of aliphatic imine (C=N–C) groups is 2. The Morgan fingerprint density at radius 2 is 1.10 bits per heavy atom. The van der Waals surface area contributed by atoms with Crippen molar-refractivity contribution in [1.82, 2.24) is 5.32 Å². The predicted molar refractivity (Wildman–Crippen MR) is 236 cm³/mol. The Morgan fingerprint density at radius 3 is 1.52 bits per heavy atom. The molecule has 380 valence electrons. The lowest BCUT2D eigenvalue weighted by Crippen LogP contribution is -2.50. The molecule has 2 N–H and O–H groups in total. The first kappa shape index (κ1) is 57.0. The molecule has 3 saturated heterocycles. The second-order valence-corrected chi connectivity index (χ2v) is 21.8. The van der Waals surface area contributed by atoms with Crippen LogP contribution < -0.4 is 5.32 Å². The summed E-state index contributed by atoms with van der Waals surface area (Å²) >= 11 is 0. The van der Waals surface area contributed by atoms with Crippen LogP contribution in [0.1, 0.15) is 126 Å². The van der Waals surface area contributed by atoms with Gasteiger partial charge in [0.1, 0.15) is 37.4 Å². The van der Waals surface area contributed by atoms with Crippen LogP contribution in [0, 0.1) is 62.4 Å². The van der Waals surface area contributed by atoms with Crippen LogP contribution in [-0.2, 0) is 61.9 Å². The van der Waals surface area contributed by atoms with Gasteiger partial charge in [-0.2, -0.15) is 10.5 Å². The third-order valence-electron chi connectivity index (χ3n) is 12.7. The first-order valence-corrected chi connectivity index (χ1v) is 22.7. The van der Waals surface area contributed by atoms with Gasteiger partial charge in [0.15, 0.2) is 11.9 Å². The lowest BCUT2D eigenvalue weighted by molar-refractivity contribution is -0.144. The predicted octanol–water partition coefficient (Wildman–Crippen LogP) is 6.34. The van der Waals surface area contributed by atoms with E-state index in [1.165, 1.54) is 0 Å². The summed E-state index contributed by atoms with van der Waals surface area (Å²) in [5.41, 5.74) is -0.407. The van der Waals surface area contributed by atoms with Crippen molar-refractivity contribution < 1.29 is 81.4 Å². The number of hydrogen-bond acceptors (Lipinski definition) is 20. The number of nitrogens with zero attached hydrogens (tertiary/aromatic N) is 4. The van der Waals surface area contributed by atoms with Gasteiger partial charge in [0.25, 0.3) is 18.4 Å². The molecule has 10 atom stereocenters. The number of nitrogens with one attached hydrogen (secondary N) is 1. The summed E-state index contributed by atoms with van der Waals surface area (Å²) in [4.78, 5) is 94.0. The number of ketones is 1. The van der Waals surface area contributed by atoms with Crippen LogP contribution in [0.4, 0.5) is 14.4 Å².